The highest BCUT2D eigenvalue weighted by atomic mass is 32.1. The lowest BCUT2D eigenvalue weighted by atomic mass is 9.99. The van der Waals surface area contributed by atoms with E-state index in [1.54, 1.807) is 0 Å². The minimum absolute atomic E-state index is 0.248. The Kier molecular flexibility index (Phi) is 4.04. The number of hydrogen-bond acceptors (Lipinski definition) is 4. The van der Waals surface area contributed by atoms with Gasteiger partial charge in [0.1, 0.15) is 22.6 Å². The van der Waals surface area contributed by atoms with E-state index in [2.05, 4.69) is 4.98 Å². The number of nitrogens with one attached hydrogen (secondary N) is 1. The van der Waals surface area contributed by atoms with E-state index in [-0.39, 0.29) is 5.82 Å². The summed E-state index contributed by atoms with van der Waals surface area (Å²) in [5.41, 5.74) is 7.06. The van der Waals surface area contributed by atoms with E-state index in [9.17, 15) is 0 Å². The Morgan fingerprint density at radius 3 is 2.44 bits per heavy atom. The summed E-state index contributed by atoms with van der Waals surface area (Å²) >= 11 is 5.02. The highest BCUT2D eigenvalue weighted by molar-refractivity contribution is 7.71. The van der Waals surface area contributed by atoms with Gasteiger partial charge in [-0.2, -0.15) is 10.5 Å². The molecule has 1 aromatic heterocycles. The quantitative estimate of drug-likeness (QED) is 0.783. The topological polar surface area (TPSA) is 89.4 Å². The molecule has 0 saturated carbocycles. The van der Waals surface area contributed by atoms with Gasteiger partial charge >= 0.3 is 0 Å². The number of rotatable bonds is 3. The lowest BCUT2D eigenvalue weighted by Crippen LogP contribution is -2.04. The van der Waals surface area contributed by atoms with Crippen molar-refractivity contribution in [3.63, 3.8) is 0 Å². The van der Waals surface area contributed by atoms with Crippen LogP contribution < -0.4 is 5.73 Å². The van der Waals surface area contributed by atoms with Crippen molar-refractivity contribution >= 4 is 18.0 Å². The van der Waals surface area contributed by atoms with Crippen molar-refractivity contribution in [2.24, 2.45) is 0 Å². The first-order valence-corrected chi connectivity index (χ1v) is 5.41. The van der Waals surface area contributed by atoms with Crippen LogP contribution in [0.3, 0.4) is 0 Å². The molecule has 0 aliphatic carbocycles. The minimum Gasteiger partial charge on any atom is -0.384 e. The van der Waals surface area contributed by atoms with Crippen LogP contribution in [-0.4, -0.2) is 4.98 Å². The molecular weight excluding hydrogens is 220 g/mol. The fourth-order valence-electron chi connectivity index (χ4n) is 1.52. The smallest absolute Gasteiger partial charge is 0.123 e. The standard InChI is InChI=1S/C11H12N4S/c1-2-3-4-7-8(5-12)10(14)15-11(16)9(7)6-13/h2-4H2,1H3,(H3,14,15,16). The molecule has 82 valence electrons. The second-order valence-corrected chi connectivity index (χ2v) is 3.83. The van der Waals surface area contributed by atoms with Crippen LogP contribution in [0.5, 0.6) is 0 Å². The predicted octanol–water partition coefficient (Wildman–Crippen LogP) is 2.41. The molecule has 5 heteroatoms. The van der Waals surface area contributed by atoms with Crippen molar-refractivity contribution in [3.8, 4) is 12.1 Å². The van der Waals surface area contributed by atoms with E-state index in [0.717, 1.165) is 12.8 Å². The van der Waals surface area contributed by atoms with Gasteiger partial charge in [0.25, 0.3) is 0 Å². The molecule has 0 radical (unpaired) electrons. The van der Waals surface area contributed by atoms with Crippen LogP contribution in [0.1, 0.15) is 36.5 Å². The number of anilines is 1. The number of H-pyrrole nitrogens is 1. The average molecular weight is 232 g/mol. The van der Waals surface area contributed by atoms with Gasteiger partial charge in [0.05, 0.1) is 11.1 Å². The third-order valence-electron chi connectivity index (χ3n) is 2.35. The van der Waals surface area contributed by atoms with Crippen molar-refractivity contribution in [2.45, 2.75) is 26.2 Å². The number of aromatic nitrogens is 1. The highest BCUT2D eigenvalue weighted by Gasteiger charge is 2.13. The van der Waals surface area contributed by atoms with E-state index in [1.807, 2.05) is 19.1 Å². The number of unbranched alkanes of at least 4 members (excludes halogenated alkanes) is 1. The number of pyridine rings is 1. The molecule has 0 amide bonds. The predicted molar refractivity (Wildman–Crippen MR) is 64.1 cm³/mol. The maximum Gasteiger partial charge on any atom is 0.123 e. The number of nitriles is 2. The first kappa shape index (κ1) is 12.2. The number of nitrogen functional groups attached to an aromatic ring is 1. The molecule has 0 spiro atoms. The Balaban J connectivity index is 3.46. The van der Waals surface area contributed by atoms with Gasteiger partial charge in [-0.3, -0.25) is 0 Å². The van der Waals surface area contributed by atoms with Crippen molar-refractivity contribution < 1.29 is 0 Å². The maximum atomic E-state index is 9.02. The summed E-state index contributed by atoms with van der Waals surface area (Å²) in [6, 6.07) is 4.05. The van der Waals surface area contributed by atoms with Crippen LogP contribution in [0.4, 0.5) is 5.82 Å². The zero-order valence-electron chi connectivity index (χ0n) is 9.00. The van der Waals surface area contributed by atoms with E-state index < -0.39 is 0 Å². The van der Waals surface area contributed by atoms with Gasteiger partial charge in [-0.15, -0.1) is 0 Å². The van der Waals surface area contributed by atoms with Crippen molar-refractivity contribution in [2.75, 3.05) is 5.73 Å². The average Bonchev–Trinajstić information content (AvgIpc) is 2.26. The third kappa shape index (κ3) is 2.21. The Bertz CT molecular complexity index is 531. The van der Waals surface area contributed by atoms with E-state index >= 15 is 0 Å². The third-order valence-corrected chi connectivity index (χ3v) is 2.66. The fourth-order valence-corrected chi connectivity index (χ4v) is 1.80. The molecule has 1 heterocycles. The van der Waals surface area contributed by atoms with Crippen LogP contribution in [0.2, 0.25) is 0 Å². The lowest BCUT2D eigenvalue weighted by molar-refractivity contribution is 0.790. The Morgan fingerprint density at radius 2 is 1.94 bits per heavy atom. The lowest BCUT2D eigenvalue weighted by Gasteiger charge is -2.08. The molecule has 1 aromatic rings. The number of nitrogens with zero attached hydrogens (tertiary/aromatic N) is 2. The summed E-state index contributed by atoms with van der Waals surface area (Å²) < 4.78 is 0.310. The summed E-state index contributed by atoms with van der Waals surface area (Å²) in [6.07, 6.45) is 2.55. The van der Waals surface area contributed by atoms with Gasteiger partial charge in [0.2, 0.25) is 0 Å². The molecule has 16 heavy (non-hydrogen) atoms. The fraction of sp³-hybridized carbons (Fsp3) is 0.364. The van der Waals surface area contributed by atoms with Crippen LogP contribution >= 0.6 is 12.2 Å². The summed E-state index contributed by atoms with van der Waals surface area (Å²) in [7, 11) is 0. The molecule has 0 saturated heterocycles. The molecule has 4 nitrogen and oxygen atoms in total. The van der Waals surface area contributed by atoms with Gasteiger partial charge < -0.3 is 10.7 Å². The molecule has 1 rings (SSSR count). The van der Waals surface area contributed by atoms with Crippen LogP contribution in [0.15, 0.2) is 0 Å². The van der Waals surface area contributed by atoms with Crippen LogP contribution in [0.25, 0.3) is 0 Å². The van der Waals surface area contributed by atoms with Crippen LogP contribution in [0, 0.1) is 27.3 Å². The first-order chi connectivity index (χ1) is 7.65. The van der Waals surface area contributed by atoms with Gasteiger partial charge in [-0.1, -0.05) is 25.6 Å². The molecule has 3 N–H and O–H groups in total. The molecule has 0 unspecified atom stereocenters. The zero-order chi connectivity index (χ0) is 12.1. The Labute approximate surface area is 99.3 Å². The summed E-state index contributed by atoms with van der Waals surface area (Å²) in [5, 5.41) is 18.0. The van der Waals surface area contributed by atoms with Crippen molar-refractivity contribution in [1.29, 1.82) is 10.5 Å². The van der Waals surface area contributed by atoms with Gasteiger partial charge in [-0.05, 0) is 18.4 Å². The summed E-state index contributed by atoms with van der Waals surface area (Å²) in [6.45, 7) is 2.05. The number of hydrogen-bond donors (Lipinski definition) is 2. The minimum atomic E-state index is 0.248. The molecule has 0 aromatic carbocycles. The van der Waals surface area contributed by atoms with Gasteiger partial charge in [0, 0.05) is 0 Å². The molecule has 0 fully saturated rings. The number of aromatic amines is 1. The zero-order valence-corrected chi connectivity index (χ0v) is 9.82. The molecule has 0 aliphatic heterocycles. The maximum absolute atomic E-state index is 9.02. The second kappa shape index (κ2) is 5.29. The highest BCUT2D eigenvalue weighted by Crippen LogP contribution is 2.21. The normalized spacial score (nSPS) is 9.44. The van der Waals surface area contributed by atoms with Gasteiger partial charge in [0.15, 0.2) is 0 Å². The molecule has 0 aliphatic rings. The number of nitrogens with two attached hydrogens (primary N) is 1. The monoisotopic (exact) mass is 232 g/mol. The van der Waals surface area contributed by atoms with E-state index in [4.69, 9.17) is 28.5 Å². The molecule has 0 bridgehead atoms. The van der Waals surface area contributed by atoms with Gasteiger partial charge in [-0.25, -0.2) is 0 Å². The second-order valence-electron chi connectivity index (χ2n) is 3.42. The Morgan fingerprint density at radius 1 is 1.31 bits per heavy atom. The SMILES string of the molecule is CCCCc1c(C#N)c(N)[nH]c(=S)c1C#N. The summed E-state index contributed by atoms with van der Waals surface area (Å²) in [4.78, 5) is 2.67. The molecule has 0 atom stereocenters. The van der Waals surface area contributed by atoms with Crippen molar-refractivity contribution in [3.05, 3.63) is 21.3 Å². The van der Waals surface area contributed by atoms with Crippen LogP contribution in [-0.2, 0) is 6.42 Å². The largest absolute Gasteiger partial charge is 0.384 e. The van der Waals surface area contributed by atoms with E-state index in [0.29, 0.717) is 27.8 Å². The Hall–Kier alpha value is -1.85. The first-order valence-electron chi connectivity index (χ1n) is 5.00. The summed E-state index contributed by atoms with van der Waals surface area (Å²) in [5.74, 6) is 0.248. The van der Waals surface area contributed by atoms with E-state index in [1.165, 1.54) is 0 Å². The molecular formula is C11H12N4S. The van der Waals surface area contributed by atoms with Crippen molar-refractivity contribution in [1.82, 2.24) is 4.98 Å².